The van der Waals surface area contributed by atoms with Gasteiger partial charge in [-0.2, -0.15) is 0 Å². The summed E-state index contributed by atoms with van der Waals surface area (Å²) in [5, 5.41) is 0. The number of hydrogen-bond donors (Lipinski definition) is 0. The van der Waals surface area contributed by atoms with Gasteiger partial charge in [0.15, 0.2) is 0 Å². The van der Waals surface area contributed by atoms with Crippen LogP contribution in [-0.2, 0) is 14.2 Å². The molecule has 2 aromatic carbocycles. The number of rotatable bonds is 5. The topological polar surface area (TPSA) is 61.8 Å². The fourth-order valence-corrected chi connectivity index (χ4v) is 2.79. The molecule has 0 aliphatic carbocycles. The van der Waals surface area contributed by atoms with E-state index in [1.807, 2.05) is 19.1 Å². The Morgan fingerprint density at radius 1 is 0.960 bits per heavy atom. The molecule has 0 bridgehead atoms. The minimum absolute atomic E-state index is 0.0464. The Balaban J connectivity index is 1.58. The van der Waals surface area contributed by atoms with Crippen LogP contribution in [0.4, 0.5) is 0 Å². The smallest absolute Gasteiger partial charge is 0.338 e. The molecule has 130 valence electrons. The van der Waals surface area contributed by atoms with E-state index in [0.717, 1.165) is 0 Å². The number of ether oxygens (including phenoxy) is 3. The van der Waals surface area contributed by atoms with Gasteiger partial charge in [-0.25, -0.2) is 9.59 Å². The van der Waals surface area contributed by atoms with Crippen molar-refractivity contribution in [1.82, 2.24) is 0 Å². The Morgan fingerprint density at radius 3 is 2.12 bits per heavy atom. The molecule has 0 N–H and O–H groups in total. The molecule has 1 saturated heterocycles. The fourth-order valence-electron chi connectivity index (χ4n) is 2.79. The summed E-state index contributed by atoms with van der Waals surface area (Å²) >= 11 is 0. The fraction of sp³-hybridized carbons (Fsp3) is 0.300. The molecular weight excluding hydrogens is 320 g/mol. The Hall–Kier alpha value is -2.66. The van der Waals surface area contributed by atoms with Crippen molar-refractivity contribution in [2.24, 2.45) is 0 Å². The molecule has 0 spiro atoms. The third kappa shape index (κ3) is 4.45. The zero-order chi connectivity index (χ0) is 17.6. The quantitative estimate of drug-likeness (QED) is 0.782. The lowest BCUT2D eigenvalue weighted by molar-refractivity contribution is -0.0394. The van der Waals surface area contributed by atoms with Gasteiger partial charge in [-0.3, -0.25) is 0 Å². The van der Waals surface area contributed by atoms with E-state index in [1.165, 1.54) is 0 Å². The second kappa shape index (κ2) is 7.94. The maximum Gasteiger partial charge on any atom is 0.338 e. The monoisotopic (exact) mass is 340 g/mol. The zero-order valence-corrected chi connectivity index (χ0v) is 14.0. The minimum Gasteiger partial charge on any atom is -0.459 e. The van der Waals surface area contributed by atoms with Crippen LogP contribution in [0.5, 0.6) is 0 Å². The lowest BCUT2D eigenvalue weighted by Crippen LogP contribution is -2.32. The molecule has 5 heteroatoms. The highest BCUT2D eigenvalue weighted by Gasteiger charge is 2.37. The molecule has 3 unspecified atom stereocenters. The van der Waals surface area contributed by atoms with Gasteiger partial charge in [-0.05, 0) is 31.2 Å². The maximum absolute atomic E-state index is 12.2. The standard InChI is InChI=1S/C20H20O5/c1-14-12-17(25-20(22)16-10-6-3-7-11-16)18(24-14)13-23-19(21)15-8-4-2-5-9-15/h2-11,14,17-18H,12-13H2,1H3. The molecular formula is C20H20O5. The maximum atomic E-state index is 12.2. The van der Waals surface area contributed by atoms with Crippen molar-refractivity contribution in [3.8, 4) is 0 Å². The third-order valence-corrected chi connectivity index (χ3v) is 4.04. The zero-order valence-electron chi connectivity index (χ0n) is 14.0. The molecule has 25 heavy (non-hydrogen) atoms. The first-order valence-corrected chi connectivity index (χ1v) is 8.27. The average Bonchev–Trinajstić information content (AvgIpc) is 3.00. The molecule has 1 fully saturated rings. The molecule has 1 aliphatic rings. The van der Waals surface area contributed by atoms with Crippen LogP contribution in [0.3, 0.4) is 0 Å². The van der Waals surface area contributed by atoms with Gasteiger partial charge in [0.2, 0.25) is 0 Å². The van der Waals surface area contributed by atoms with Crippen molar-refractivity contribution >= 4 is 11.9 Å². The van der Waals surface area contributed by atoms with Crippen LogP contribution in [0.25, 0.3) is 0 Å². The molecule has 3 rings (SSSR count). The number of hydrogen-bond acceptors (Lipinski definition) is 5. The second-order valence-electron chi connectivity index (χ2n) is 6.00. The predicted molar refractivity (Wildman–Crippen MR) is 91.3 cm³/mol. The Morgan fingerprint density at radius 2 is 1.52 bits per heavy atom. The van der Waals surface area contributed by atoms with Crippen LogP contribution in [-0.4, -0.2) is 36.9 Å². The van der Waals surface area contributed by atoms with Gasteiger partial charge in [0.05, 0.1) is 17.2 Å². The molecule has 5 nitrogen and oxygen atoms in total. The van der Waals surface area contributed by atoms with Crippen LogP contribution in [0, 0.1) is 0 Å². The molecule has 2 aromatic rings. The molecule has 0 aromatic heterocycles. The molecule has 1 heterocycles. The van der Waals surface area contributed by atoms with Gasteiger partial charge in [0.1, 0.15) is 18.8 Å². The van der Waals surface area contributed by atoms with Crippen LogP contribution >= 0.6 is 0 Å². The van der Waals surface area contributed by atoms with Gasteiger partial charge >= 0.3 is 11.9 Å². The second-order valence-corrected chi connectivity index (χ2v) is 6.00. The van der Waals surface area contributed by atoms with E-state index in [9.17, 15) is 9.59 Å². The lowest BCUT2D eigenvalue weighted by atomic mass is 10.1. The van der Waals surface area contributed by atoms with Gasteiger partial charge in [0.25, 0.3) is 0 Å². The Bertz CT molecular complexity index is 713. The normalized spacial score (nSPS) is 22.4. The Kier molecular flexibility index (Phi) is 5.46. The van der Waals surface area contributed by atoms with Crippen molar-refractivity contribution in [3.63, 3.8) is 0 Å². The Labute approximate surface area is 146 Å². The van der Waals surface area contributed by atoms with Gasteiger partial charge < -0.3 is 14.2 Å². The predicted octanol–water partition coefficient (Wildman–Crippen LogP) is 3.25. The lowest BCUT2D eigenvalue weighted by Gasteiger charge is -2.19. The van der Waals surface area contributed by atoms with Crippen molar-refractivity contribution in [1.29, 1.82) is 0 Å². The summed E-state index contributed by atoms with van der Waals surface area (Å²) in [6, 6.07) is 17.6. The average molecular weight is 340 g/mol. The summed E-state index contributed by atoms with van der Waals surface area (Å²) < 4.78 is 16.6. The summed E-state index contributed by atoms with van der Waals surface area (Å²) in [6.07, 6.45) is -0.387. The highest BCUT2D eigenvalue weighted by molar-refractivity contribution is 5.90. The molecule has 0 radical (unpaired) electrons. The van der Waals surface area contributed by atoms with E-state index in [-0.39, 0.29) is 12.7 Å². The first-order chi connectivity index (χ1) is 12.1. The van der Waals surface area contributed by atoms with Crippen molar-refractivity contribution in [2.45, 2.75) is 31.7 Å². The summed E-state index contributed by atoms with van der Waals surface area (Å²) in [6.45, 7) is 1.95. The molecule has 1 aliphatic heterocycles. The van der Waals surface area contributed by atoms with E-state index >= 15 is 0 Å². The summed E-state index contributed by atoms with van der Waals surface area (Å²) in [4.78, 5) is 24.3. The number of carbonyl (C=O) groups is 2. The van der Waals surface area contributed by atoms with Gasteiger partial charge in [-0.1, -0.05) is 36.4 Å². The van der Waals surface area contributed by atoms with Crippen LogP contribution < -0.4 is 0 Å². The van der Waals surface area contributed by atoms with Gasteiger partial charge in [-0.15, -0.1) is 0 Å². The van der Waals surface area contributed by atoms with E-state index in [4.69, 9.17) is 14.2 Å². The minimum atomic E-state index is -0.463. The first kappa shape index (κ1) is 17.2. The molecule has 0 amide bonds. The summed E-state index contributed by atoms with van der Waals surface area (Å²) in [5.74, 6) is -0.820. The first-order valence-electron chi connectivity index (χ1n) is 8.27. The van der Waals surface area contributed by atoms with Crippen LogP contribution in [0.15, 0.2) is 60.7 Å². The van der Waals surface area contributed by atoms with E-state index < -0.39 is 24.1 Å². The third-order valence-electron chi connectivity index (χ3n) is 4.04. The van der Waals surface area contributed by atoms with Crippen LogP contribution in [0.2, 0.25) is 0 Å². The number of carbonyl (C=O) groups excluding carboxylic acids is 2. The van der Waals surface area contributed by atoms with Crippen molar-refractivity contribution < 1.29 is 23.8 Å². The largest absolute Gasteiger partial charge is 0.459 e. The molecule has 3 atom stereocenters. The highest BCUT2D eigenvalue weighted by atomic mass is 16.6. The van der Waals surface area contributed by atoms with Crippen LogP contribution in [0.1, 0.15) is 34.1 Å². The summed E-state index contributed by atoms with van der Waals surface area (Å²) in [5.41, 5.74) is 0.966. The van der Waals surface area contributed by atoms with Crippen molar-refractivity contribution in [2.75, 3.05) is 6.61 Å². The number of esters is 2. The number of benzene rings is 2. The van der Waals surface area contributed by atoms with Crippen molar-refractivity contribution in [3.05, 3.63) is 71.8 Å². The van der Waals surface area contributed by atoms with Gasteiger partial charge in [0, 0.05) is 6.42 Å². The SMILES string of the molecule is CC1CC(OC(=O)c2ccccc2)C(COC(=O)c2ccccc2)O1. The van der Waals surface area contributed by atoms with E-state index in [1.54, 1.807) is 48.5 Å². The van der Waals surface area contributed by atoms with E-state index in [2.05, 4.69) is 0 Å². The highest BCUT2D eigenvalue weighted by Crippen LogP contribution is 2.24. The molecule has 0 saturated carbocycles. The summed E-state index contributed by atoms with van der Waals surface area (Å²) in [7, 11) is 0. The van der Waals surface area contributed by atoms with E-state index in [0.29, 0.717) is 17.5 Å².